The Balaban J connectivity index is 1.63. The third kappa shape index (κ3) is 2.57. The van der Waals surface area contributed by atoms with Gasteiger partial charge in [0.05, 0.1) is 11.4 Å². The second-order valence-electron chi connectivity index (χ2n) is 6.01. The van der Waals surface area contributed by atoms with E-state index >= 15 is 0 Å². The first-order chi connectivity index (χ1) is 9.25. The fraction of sp³-hybridized carbons (Fsp3) is 0.625. The van der Waals surface area contributed by atoms with Crippen LogP contribution in [0.15, 0.2) is 18.2 Å². The van der Waals surface area contributed by atoms with Gasteiger partial charge in [0.1, 0.15) is 0 Å². The zero-order chi connectivity index (χ0) is 13.2. The Kier molecular flexibility index (Phi) is 3.65. The molecule has 3 heteroatoms. The van der Waals surface area contributed by atoms with E-state index in [-0.39, 0.29) is 0 Å². The lowest BCUT2D eigenvalue weighted by Crippen LogP contribution is -2.38. The van der Waals surface area contributed by atoms with Crippen LogP contribution in [0.4, 0.5) is 11.4 Å². The number of hydrogen-bond acceptors (Lipinski definition) is 3. The van der Waals surface area contributed by atoms with Crippen LogP contribution in [0.1, 0.15) is 31.2 Å². The van der Waals surface area contributed by atoms with Gasteiger partial charge < -0.3 is 15.5 Å². The minimum atomic E-state index is 0.766. The third-order valence-corrected chi connectivity index (χ3v) is 4.77. The largest absolute Gasteiger partial charge is 0.397 e. The van der Waals surface area contributed by atoms with Crippen molar-refractivity contribution in [3.8, 4) is 0 Å². The molecule has 1 aromatic carbocycles. The Hall–Kier alpha value is -1.22. The Morgan fingerprint density at radius 2 is 2.16 bits per heavy atom. The summed E-state index contributed by atoms with van der Waals surface area (Å²) in [4.78, 5) is 5.03. The molecule has 2 heterocycles. The summed E-state index contributed by atoms with van der Waals surface area (Å²) in [6, 6.07) is 7.09. The monoisotopic (exact) mass is 259 g/mol. The molecule has 1 atom stereocenters. The van der Waals surface area contributed by atoms with E-state index in [1.54, 1.807) is 0 Å². The molecule has 1 saturated heterocycles. The van der Waals surface area contributed by atoms with E-state index in [1.807, 2.05) is 6.07 Å². The molecule has 0 saturated carbocycles. The molecule has 1 unspecified atom stereocenters. The minimum Gasteiger partial charge on any atom is -0.397 e. The van der Waals surface area contributed by atoms with E-state index in [2.05, 4.69) is 29.0 Å². The van der Waals surface area contributed by atoms with Crippen molar-refractivity contribution < 1.29 is 0 Å². The smallest absolute Gasteiger partial charge is 0.0633 e. The van der Waals surface area contributed by atoms with E-state index in [1.165, 1.54) is 43.5 Å². The average Bonchev–Trinajstić information content (AvgIpc) is 2.83. The van der Waals surface area contributed by atoms with Crippen LogP contribution in [0.2, 0.25) is 0 Å². The van der Waals surface area contributed by atoms with Gasteiger partial charge in [-0.2, -0.15) is 0 Å². The zero-order valence-electron chi connectivity index (χ0n) is 11.9. The highest BCUT2D eigenvalue weighted by molar-refractivity contribution is 5.74. The summed E-state index contributed by atoms with van der Waals surface area (Å²) in [6.07, 6.45) is 6.55. The van der Waals surface area contributed by atoms with Gasteiger partial charge in [0.15, 0.2) is 0 Å². The molecule has 19 heavy (non-hydrogen) atoms. The van der Waals surface area contributed by atoms with Gasteiger partial charge in [-0.15, -0.1) is 0 Å². The molecular weight excluding hydrogens is 234 g/mol. The van der Waals surface area contributed by atoms with Crippen LogP contribution < -0.4 is 10.6 Å². The number of fused-ring (bicyclic) bond motifs is 1. The van der Waals surface area contributed by atoms with E-state index < -0.39 is 0 Å². The third-order valence-electron chi connectivity index (χ3n) is 4.77. The van der Waals surface area contributed by atoms with Crippen molar-refractivity contribution in [1.29, 1.82) is 0 Å². The van der Waals surface area contributed by atoms with Crippen LogP contribution >= 0.6 is 0 Å². The molecule has 2 aliphatic heterocycles. The summed E-state index contributed by atoms with van der Waals surface area (Å²) in [5.41, 5.74) is 9.83. The van der Waals surface area contributed by atoms with E-state index in [0.29, 0.717) is 0 Å². The molecule has 0 aliphatic carbocycles. The normalized spacial score (nSPS) is 23.6. The zero-order valence-corrected chi connectivity index (χ0v) is 11.9. The summed E-state index contributed by atoms with van der Waals surface area (Å²) >= 11 is 0. The first-order valence-electron chi connectivity index (χ1n) is 7.58. The maximum atomic E-state index is 6.15. The molecule has 0 amide bonds. The molecule has 0 spiro atoms. The fourth-order valence-corrected chi connectivity index (χ4v) is 3.60. The van der Waals surface area contributed by atoms with Gasteiger partial charge in [-0.25, -0.2) is 0 Å². The number of piperidine rings is 1. The van der Waals surface area contributed by atoms with Gasteiger partial charge in [-0.3, -0.25) is 0 Å². The molecule has 0 radical (unpaired) electrons. The number of likely N-dealkylation sites (tertiary alicyclic amines) is 1. The van der Waals surface area contributed by atoms with E-state index in [0.717, 1.165) is 31.2 Å². The van der Waals surface area contributed by atoms with Crippen molar-refractivity contribution in [2.24, 2.45) is 0 Å². The summed E-state index contributed by atoms with van der Waals surface area (Å²) in [7, 11) is 2.27. The summed E-state index contributed by atoms with van der Waals surface area (Å²) in [5.74, 6) is 0. The fourth-order valence-electron chi connectivity index (χ4n) is 3.60. The van der Waals surface area contributed by atoms with Crippen molar-refractivity contribution in [2.45, 2.75) is 38.1 Å². The molecule has 0 bridgehead atoms. The number of para-hydroxylation sites is 1. The lowest BCUT2D eigenvalue weighted by molar-refractivity contribution is 0.178. The Morgan fingerprint density at radius 1 is 1.26 bits per heavy atom. The summed E-state index contributed by atoms with van der Waals surface area (Å²) in [5, 5.41) is 0. The quantitative estimate of drug-likeness (QED) is 0.847. The minimum absolute atomic E-state index is 0.766. The molecule has 1 aromatic rings. The Labute approximate surface area is 116 Å². The summed E-state index contributed by atoms with van der Waals surface area (Å²) < 4.78 is 0. The van der Waals surface area contributed by atoms with Gasteiger partial charge in [0.25, 0.3) is 0 Å². The molecule has 2 aliphatic rings. The average molecular weight is 259 g/mol. The second kappa shape index (κ2) is 5.41. The first kappa shape index (κ1) is 12.8. The number of hydrogen-bond donors (Lipinski definition) is 1. The lowest BCUT2D eigenvalue weighted by atomic mass is 10.00. The van der Waals surface area contributed by atoms with Crippen LogP contribution in [0.3, 0.4) is 0 Å². The SMILES string of the molecule is CN1CCCCC1CCN1CCc2cccc(N)c21. The van der Waals surface area contributed by atoms with Crippen molar-refractivity contribution >= 4 is 11.4 Å². The number of nitrogens with zero attached hydrogens (tertiary/aromatic N) is 2. The molecule has 3 rings (SSSR count). The lowest BCUT2D eigenvalue weighted by Gasteiger charge is -2.34. The van der Waals surface area contributed by atoms with E-state index in [4.69, 9.17) is 5.73 Å². The number of benzene rings is 1. The molecule has 3 nitrogen and oxygen atoms in total. The van der Waals surface area contributed by atoms with Crippen LogP contribution in [-0.2, 0) is 6.42 Å². The van der Waals surface area contributed by atoms with Crippen molar-refractivity contribution in [3.05, 3.63) is 23.8 Å². The maximum Gasteiger partial charge on any atom is 0.0633 e. The van der Waals surface area contributed by atoms with Gasteiger partial charge in [0, 0.05) is 19.1 Å². The highest BCUT2D eigenvalue weighted by Gasteiger charge is 2.24. The number of anilines is 2. The molecular formula is C16H25N3. The van der Waals surface area contributed by atoms with Crippen LogP contribution in [0.25, 0.3) is 0 Å². The maximum absolute atomic E-state index is 6.15. The topological polar surface area (TPSA) is 32.5 Å². The number of nitrogen functional groups attached to an aromatic ring is 1. The van der Waals surface area contributed by atoms with Gasteiger partial charge in [0.2, 0.25) is 0 Å². The highest BCUT2D eigenvalue weighted by atomic mass is 15.2. The molecule has 1 fully saturated rings. The number of rotatable bonds is 3. The van der Waals surface area contributed by atoms with Crippen LogP contribution in [-0.4, -0.2) is 37.6 Å². The summed E-state index contributed by atoms with van der Waals surface area (Å²) in [6.45, 7) is 3.56. The van der Waals surface area contributed by atoms with Gasteiger partial charge in [-0.1, -0.05) is 18.6 Å². The molecule has 0 aromatic heterocycles. The highest BCUT2D eigenvalue weighted by Crippen LogP contribution is 2.34. The van der Waals surface area contributed by atoms with Crippen molar-refractivity contribution in [2.75, 3.05) is 37.3 Å². The van der Waals surface area contributed by atoms with E-state index in [9.17, 15) is 0 Å². The molecule has 2 N–H and O–H groups in total. The molecule has 104 valence electrons. The van der Waals surface area contributed by atoms with Crippen molar-refractivity contribution in [3.63, 3.8) is 0 Å². The van der Waals surface area contributed by atoms with Crippen LogP contribution in [0, 0.1) is 0 Å². The Morgan fingerprint density at radius 3 is 3.00 bits per heavy atom. The van der Waals surface area contributed by atoms with Crippen molar-refractivity contribution in [1.82, 2.24) is 4.90 Å². The van der Waals surface area contributed by atoms with Gasteiger partial charge >= 0.3 is 0 Å². The van der Waals surface area contributed by atoms with Gasteiger partial charge in [-0.05, 0) is 50.9 Å². The predicted molar refractivity (Wildman–Crippen MR) is 81.7 cm³/mol. The first-order valence-corrected chi connectivity index (χ1v) is 7.58. The predicted octanol–water partition coefficient (Wildman–Crippen LogP) is 2.51. The second-order valence-corrected chi connectivity index (χ2v) is 6.01. The standard InChI is InChI=1S/C16H25N3/c1-18-10-3-2-6-14(18)9-12-19-11-8-13-5-4-7-15(17)16(13)19/h4-5,7,14H,2-3,6,8-12,17H2,1H3. The van der Waals surface area contributed by atoms with Crippen LogP contribution in [0.5, 0.6) is 0 Å². The number of nitrogens with two attached hydrogens (primary N) is 1. The Bertz CT molecular complexity index is 444.